The van der Waals surface area contributed by atoms with Gasteiger partial charge in [-0.05, 0) is 26.3 Å². The third kappa shape index (κ3) is 3.18. The van der Waals surface area contributed by atoms with Gasteiger partial charge in [0.05, 0.1) is 0 Å². The average Bonchev–Trinajstić information content (AvgIpc) is 2.26. The SMILES string of the molecule is CCC(C)C(C)N1CCN(CC)C(C)C1. The molecule has 90 valence electrons. The first-order valence-electron chi connectivity index (χ1n) is 6.58. The van der Waals surface area contributed by atoms with Gasteiger partial charge in [0.15, 0.2) is 0 Å². The van der Waals surface area contributed by atoms with E-state index in [1.165, 1.54) is 32.6 Å². The van der Waals surface area contributed by atoms with E-state index in [1.54, 1.807) is 0 Å². The van der Waals surface area contributed by atoms with Crippen molar-refractivity contribution in [2.75, 3.05) is 26.2 Å². The third-order valence-electron chi connectivity index (χ3n) is 4.25. The van der Waals surface area contributed by atoms with Crippen LogP contribution in [0.3, 0.4) is 0 Å². The van der Waals surface area contributed by atoms with Crippen molar-refractivity contribution in [2.24, 2.45) is 5.92 Å². The zero-order valence-electron chi connectivity index (χ0n) is 11.2. The van der Waals surface area contributed by atoms with Crippen molar-refractivity contribution in [2.45, 2.75) is 53.1 Å². The molecule has 2 heteroatoms. The van der Waals surface area contributed by atoms with E-state index in [1.807, 2.05) is 0 Å². The molecule has 0 radical (unpaired) electrons. The second-order valence-electron chi connectivity index (χ2n) is 5.10. The Hall–Kier alpha value is -0.0800. The first-order valence-corrected chi connectivity index (χ1v) is 6.58. The molecular weight excluding hydrogens is 184 g/mol. The average molecular weight is 212 g/mol. The molecule has 1 heterocycles. The molecule has 3 atom stereocenters. The number of hydrogen-bond donors (Lipinski definition) is 0. The molecule has 0 amide bonds. The number of likely N-dealkylation sites (N-methyl/N-ethyl adjacent to an activating group) is 1. The summed E-state index contributed by atoms with van der Waals surface area (Å²) in [6.45, 7) is 16.6. The Morgan fingerprint density at radius 1 is 1.20 bits per heavy atom. The summed E-state index contributed by atoms with van der Waals surface area (Å²) in [5.41, 5.74) is 0. The molecule has 0 aliphatic carbocycles. The second-order valence-corrected chi connectivity index (χ2v) is 5.10. The smallest absolute Gasteiger partial charge is 0.0195 e. The quantitative estimate of drug-likeness (QED) is 0.706. The molecule has 1 fully saturated rings. The van der Waals surface area contributed by atoms with E-state index in [4.69, 9.17) is 0 Å². The van der Waals surface area contributed by atoms with Crippen LogP contribution in [0.15, 0.2) is 0 Å². The largest absolute Gasteiger partial charge is 0.298 e. The van der Waals surface area contributed by atoms with Crippen molar-refractivity contribution >= 4 is 0 Å². The van der Waals surface area contributed by atoms with Crippen LogP contribution >= 0.6 is 0 Å². The molecule has 2 nitrogen and oxygen atoms in total. The molecule has 1 rings (SSSR count). The van der Waals surface area contributed by atoms with E-state index in [2.05, 4.69) is 44.4 Å². The molecular formula is C13H28N2. The van der Waals surface area contributed by atoms with Crippen LogP contribution in [-0.2, 0) is 0 Å². The lowest BCUT2D eigenvalue weighted by atomic mass is 9.98. The van der Waals surface area contributed by atoms with E-state index in [-0.39, 0.29) is 0 Å². The maximum atomic E-state index is 2.67. The fourth-order valence-electron chi connectivity index (χ4n) is 2.56. The highest BCUT2D eigenvalue weighted by Crippen LogP contribution is 2.18. The first kappa shape index (κ1) is 13.0. The van der Waals surface area contributed by atoms with Crippen LogP contribution < -0.4 is 0 Å². The lowest BCUT2D eigenvalue weighted by Crippen LogP contribution is -2.55. The van der Waals surface area contributed by atoms with Gasteiger partial charge in [0.2, 0.25) is 0 Å². The standard InChI is InChI=1S/C13H28N2/c1-6-11(3)13(5)15-9-8-14(7-2)12(4)10-15/h11-13H,6-10H2,1-5H3. The molecule has 0 aromatic heterocycles. The minimum Gasteiger partial charge on any atom is -0.298 e. The minimum absolute atomic E-state index is 0.732. The second kappa shape index (κ2) is 5.86. The van der Waals surface area contributed by atoms with Crippen molar-refractivity contribution in [1.82, 2.24) is 9.80 Å². The van der Waals surface area contributed by atoms with Crippen molar-refractivity contribution in [3.05, 3.63) is 0 Å². The van der Waals surface area contributed by atoms with Gasteiger partial charge < -0.3 is 0 Å². The molecule has 15 heavy (non-hydrogen) atoms. The Morgan fingerprint density at radius 3 is 2.33 bits per heavy atom. The van der Waals surface area contributed by atoms with Gasteiger partial charge in [-0.1, -0.05) is 27.2 Å². The van der Waals surface area contributed by atoms with Gasteiger partial charge in [-0.15, -0.1) is 0 Å². The molecule has 0 aromatic rings. The molecule has 0 aromatic carbocycles. The zero-order chi connectivity index (χ0) is 11.4. The zero-order valence-corrected chi connectivity index (χ0v) is 11.2. The molecule has 0 N–H and O–H groups in total. The Kier molecular flexibility index (Phi) is 5.07. The van der Waals surface area contributed by atoms with Crippen molar-refractivity contribution in [3.8, 4) is 0 Å². The summed E-state index contributed by atoms with van der Waals surface area (Å²) in [5.74, 6) is 0.824. The Balaban J connectivity index is 2.46. The Labute approximate surface area is 95.6 Å². The lowest BCUT2D eigenvalue weighted by molar-refractivity contribution is 0.0469. The summed E-state index contributed by atoms with van der Waals surface area (Å²) in [5, 5.41) is 0. The van der Waals surface area contributed by atoms with Gasteiger partial charge in [-0.3, -0.25) is 9.80 Å². The van der Waals surface area contributed by atoms with Gasteiger partial charge in [0.1, 0.15) is 0 Å². The normalized spacial score (nSPS) is 29.0. The van der Waals surface area contributed by atoms with E-state index in [9.17, 15) is 0 Å². The van der Waals surface area contributed by atoms with Crippen molar-refractivity contribution in [1.29, 1.82) is 0 Å². The summed E-state index contributed by atoms with van der Waals surface area (Å²) in [6.07, 6.45) is 1.30. The van der Waals surface area contributed by atoms with E-state index >= 15 is 0 Å². The summed E-state index contributed by atoms with van der Waals surface area (Å²) in [7, 11) is 0. The predicted molar refractivity (Wildman–Crippen MR) is 67.2 cm³/mol. The summed E-state index contributed by atoms with van der Waals surface area (Å²) in [6, 6.07) is 1.48. The highest BCUT2D eigenvalue weighted by molar-refractivity contribution is 4.82. The monoisotopic (exact) mass is 212 g/mol. The highest BCUT2D eigenvalue weighted by atomic mass is 15.3. The maximum absolute atomic E-state index is 2.67. The maximum Gasteiger partial charge on any atom is 0.0195 e. The van der Waals surface area contributed by atoms with Gasteiger partial charge >= 0.3 is 0 Å². The molecule has 1 aliphatic rings. The van der Waals surface area contributed by atoms with Crippen LogP contribution in [-0.4, -0.2) is 48.1 Å². The molecule has 1 aliphatic heterocycles. The first-order chi connectivity index (χ1) is 7.10. The predicted octanol–water partition coefficient (Wildman–Crippen LogP) is 2.45. The van der Waals surface area contributed by atoms with Crippen LogP contribution in [0.2, 0.25) is 0 Å². The molecule has 0 spiro atoms. The van der Waals surface area contributed by atoms with E-state index < -0.39 is 0 Å². The van der Waals surface area contributed by atoms with Gasteiger partial charge in [-0.2, -0.15) is 0 Å². The fourth-order valence-corrected chi connectivity index (χ4v) is 2.56. The van der Waals surface area contributed by atoms with E-state index in [0.29, 0.717) is 0 Å². The number of piperazine rings is 1. The molecule has 0 saturated carbocycles. The Bertz CT molecular complexity index is 181. The highest BCUT2D eigenvalue weighted by Gasteiger charge is 2.27. The van der Waals surface area contributed by atoms with Crippen LogP contribution in [0.4, 0.5) is 0 Å². The van der Waals surface area contributed by atoms with Gasteiger partial charge in [-0.25, -0.2) is 0 Å². The lowest BCUT2D eigenvalue weighted by Gasteiger charge is -2.43. The molecule has 0 bridgehead atoms. The van der Waals surface area contributed by atoms with Crippen LogP contribution in [0.5, 0.6) is 0 Å². The number of rotatable bonds is 4. The number of nitrogens with zero attached hydrogens (tertiary/aromatic N) is 2. The Morgan fingerprint density at radius 2 is 1.87 bits per heavy atom. The third-order valence-corrected chi connectivity index (χ3v) is 4.25. The fraction of sp³-hybridized carbons (Fsp3) is 1.00. The van der Waals surface area contributed by atoms with Crippen LogP contribution in [0.25, 0.3) is 0 Å². The van der Waals surface area contributed by atoms with Crippen LogP contribution in [0, 0.1) is 5.92 Å². The molecule has 3 unspecified atom stereocenters. The summed E-state index contributed by atoms with van der Waals surface area (Å²) >= 11 is 0. The summed E-state index contributed by atoms with van der Waals surface area (Å²) < 4.78 is 0. The molecule has 1 saturated heterocycles. The van der Waals surface area contributed by atoms with Crippen molar-refractivity contribution < 1.29 is 0 Å². The van der Waals surface area contributed by atoms with Crippen molar-refractivity contribution in [3.63, 3.8) is 0 Å². The number of hydrogen-bond acceptors (Lipinski definition) is 2. The van der Waals surface area contributed by atoms with Gasteiger partial charge in [0, 0.05) is 31.7 Å². The van der Waals surface area contributed by atoms with Crippen LogP contribution in [0.1, 0.15) is 41.0 Å². The van der Waals surface area contributed by atoms with E-state index in [0.717, 1.165) is 18.0 Å². The minimum atomic E-state index is 0.732. The van der Waals surface area contributed by atoms with Gasteiger partial charge in [0.25, 0.3) is 0 Å². The summed E-state index contributed by atoms with van der Waals surface area (Å²) in [4.78, 5) is 5.25. The topological polar surface area (TPSA) is 6.48 Å².